The fourth-order valence-corrected chi connectivity index (χ4v) is 3.68. The molecule has 14 heavy (non-hydrogen) atoms. The SMILES string of the molecule is CC(C)=[N+]1NC(=O)C2C3CCC(C3)C21. The lowest BCUT2D eigenvalue weighted by Gasteiger charge is -2.17. The van der Waals surface area contributed by atoms with Gasteiger partial charge >= 0.3 is 0 Å². The Kier molecular flexibility index (Phi) is 1.56. The van der Waals surface area contributed by atoms with Gasteiger partial charge in [-0.2, -0.15) is 0 Å². The molecule has 1 heterocycles. The molecule has 1 amide bonds. The molecule has 2 bridgehead atoms. The summed E-state index contributed by atoms with van der Waals surface area (Å²) in [6, 6.07) is 0.478. The third-order valence-electron chi connectivity index (χ3n) is 4.19. The van der Waals surface area contributed by atoms with Crippen molar-refractivity contribution in [3.05, 3.63) is 0 Å². The third-order valence-corrected chi connectivity index (χ3v) is 4.19. The molecule has 4 atom stereocenters. The van der Waals surface area contributed by atoms with E-state index in [1.165, 1.54) is 25.0 Å². The Hall–Kier alpha value is -0.860. The number of carbonyl (C=O) groups excluding carboxylic acids is 1. The van der Waals surface area contributed by atoms with Crippen molar-refractivity contribution in [2.24, 2.45) is 17.8 Å². The lowest BCUT2D eigenvalue weighted by Crippen LogP contribution is -2.36. The van der Waals surface area contributed by atoms with Crippen molar-refractivity contribution in [1.29, 1.82) is 0 Å². The van der Waals surface area contributed by atoms with Crippen molar-refractivity contribution >= 4 is 11.6 Å². The number of nitrogens with one attached hydrogen (secondary N) is 1. The Morgan fingerprint density at radius 1 is 1.36 bits per heavy atom. The predicted molar refractivity (Wildman–Crippen MR) is 52.9 cm³/mol. The zero-order valence-electron chi connectivity index (χ0n) is 8.79. The van der Waals surface area contributed by atoms with E-state index in [4.69, 9.17) is 0 Å². The second-order valence-corrected chi connectivity index (χ2v) is 5.14. The number of carbonyl (C=O) groups is 1. The molecule has 4 unspecified atom stereocenters. The zero-order chi connectivity index (χ0) is 9.87. The Labute approximate surface area is 84.2 Å². The molecule has 0 aromatic carbocycles. The topological polar surface area (TPSA) is 32.1 Å². The molecule has 3 aliphatic rings. The first-order valence-corrected chi connectivity index (χ1v) is 5.58. The number of fused-ring (bicyclic) bond motifs is 5. The molecule has 0 radical (unpaired) electrons. The highest BCUT2D eigenvalue weighted by Crippen LogP contribution is 2.51. The van der Waals surface area contributed by atoms with Crippen molar-refractivity contribution in [3.63, 3.8) is 0 Å². The molecule has 2 aliphatic carbocycles. The summed E-state index contributed by atoms with van der Waals surface area (Å²) in [6.07, 6.45) is 3.88. The molecule has 1 saturated heterocycles. The van der Waals surface area contributed by atoms with E-state index in [0.29, 0.717) is 17.9 Å². The first-order chi connectivity index (χ1) is 6.68. The van der Waals surface area contributed by atoms with E-state index >= 15 is 0 Å². The summed E-state index contributed by atoms with van der Waals surface area (Å²) in [5.41, 5.74) is 4.23. The van der Waals surface area contributed by atoms with Gasteiger partial charge in [-0.15, -0.1) is 10.1 Å². The van der Waals surface area contributed by atoms with Crippen molar-refractivity contribution in [1.82, 2.24) is 5.43 Å². The van der Waals surface area contributed by atoms with Crippen molar-refractivity contribution in [2.75, 3.05) is 0 Å². The maximum absolute atomic E-state index is 11.8. The predicted octanol–water partition coefficient (Wildman–Crippen LogP) is 0.939. The summed E-state index contributed by atoms with van der Waals surface area (Å²) < 4.78 is 2.12. The van der Waals surface area contributed by atoms with E-state index in [-0.39, 0.29) is 5.91 Å². The fourth-order valence-electron chi connectivity index (χ4n) is 3.68. The molecule has 0 aromatic heterocycles. The molecule has 1 N–H and O–H groups in total. The summed E-state index contributed by atoms with van der Waals surface area (Å²) >= 11 is 0. The van der Waals surface area contributed by atoms with Gasteiger partial charge in [-0.05, 0) is 25.2 Å². The lowest BCUT2D eigenvalue weighted by atomic mass is 9.85. The van der Waals surface area contributed by atoms with Crippen LogP contribution in [-0.2, 0) is 4.79 Å². The number of hydrogen-bond donors (Lipinski definition) is 1. The van der Waals surface area contributed by atoms with Crippen LogP contribution in [0.3, 0.4) is 0 Å². The lowest BCUT2D eigenvalue weighted by molar-refractivity contribution is -0.603. The third kappa shape index (κ3) is 0.877. The first kappa shape index (κ1) is 8.45. The van der Waals surface area contributed by atoms with Gasteiger partial charge in [0.25, 0.3) is 5.91 Å². The highest BCUT2D eigenvalue weighted by atomic mass is 16.2. The van der Waals surface area contributed by atoms with Gasteiger partial charge < -0.3 is 0 Å². The Bertz CT molecular complexity index is 330. The second-order valence-electron chi connectivity index (χ2n) is 5.14. The molecule has 76 valence electrons. The number of hydrazone groups is 1. The minimum absolute atomic E-state index is 0.267. The van der Waals surface area contributed by atoms with Crippen LogP contribution in [-0.4, -0.2) is 22.3 Å². The van der Waals surface area contributed by atoms with Crippen LogP contribution < -0.4 is 5.43 Å². The summed E-state index contributed by atoms with van der Waals surface area (Å²) in [4.78, 5) is 11.8. The molecule has 1 aliphatic heterocycles. The smallest absolute Gasteiger partial charge is 0.269 e. The van der Waals surface area contributed by atoms with Gasteiger partial charge in [0.2, 0.25) is 0 Å². The standard InChI is InChI=1S/C11H16N2O/c1-6(2)13-10-8-4-3-7(5-8)9(10)11(14)12-13/h7-10H,3-5H2,1-2H3/p+1. The van der Waals surface area contributed by atoms with Crippen LogP contribution in [0.2, 0.25) is 0 Å². The van der Waals surface area contributed by atoms with Crippen molar-refractivity contribution in [3.8, 4) is 0 Å². The van der Waals surface area contributed by atoms with Crippen LogP contribution in [0.15, 0.2) is 0 Å². The van der Waals surface area contributed by atoms with Gasteiger partial charge in [0.1, 0.15) is 5.92 Å². The molecule has 3 nitrogen and oxygen atoms in total. The molecule has 3 fully saturated rings. The monoisotopic (exact) mass is 193 g/mol. The summed E-state index contributed by atoms with van der Waals surface area (Å²) in [5.74, 6) is 2.00. The van der Waals surface area contributed by atoms with Gasteiger partial charge in [-0.1, -0.05) is 0 Å². The minimum atomic E-state index is 0.267. The van der Waals surface area contributed by atoms with E-state index in [0.717, 1.165) is 5.92 Å². The van der Waals surface area contributed by atoms with Crippen LogP contribution in [0.25, 0.3) is 0 Å². The van der Waals surface area contributed by atoms with Gasteiger partial charge in [0.15, 0.2) is 11.8 Å². The molecular formula is C11H17N2O+. The summed E-state index contributed by atoms with van der Waals surface area (Å²) in [6.45, 7) is 4.16. The van der Waals surface area contributed by atoms with E-state index in [9.17, 15) is 4.79 Å². The Morgan fingerprint density at radius 3 is 2.79 bits per heavy atom. The quantitative estimate of drug-likeness (QED) is 0.570. The van der Waals surface area contributed by atoms with Crippen LogP contribution in [0.5, 0.6) is 0 Å². The molecule has 0 aromatic rings. The van der Waals surface area contributed by atoms with E-state index in [1.807, 2.05) is 0 Å². The average Bonchev–Trinajstić information content (AvgIpc) is 2.75. The maximum atomic E-state index is 11.8. The van der Waals surface area contributed by atoms with Crippen molar-refractivity contribution in [2.45, 2.75) is 39.2 Å². The fraction of sp³-hybridized carbons (Fsp3) is 0.818. The molecule has 3 rings (SSSR count). The van der Waals surface area contributed by atoms with Crippen LogP contribution in [0, 0.1) is 17.8 Å². The van der Waals surface area contributed by atoms with E-state index in [2.05, 4.69) is 24.0 Å². The van der Waals surface area contributed by atoms with E-state index in [1.54, 1.807) is 0 Å². The maximum Gasteiger partial charge on any atom is 0.284 e. The number of hydrazine groups is 1. The number of nitrogens with zero attached hydrogens (tertiary/aromatic N) is 1. The van der Waals surface area contributed by atoms with Crippen LogP contribution in [0.4, 0.5) is 0 Å². The minimum Gasteiger partial charge on any atom is -0.269 e. The largest absolute Gasteiger partial charge is 0.284 e. The molecule has 2 saturated carbocycles. The zero-order valence-corrected chi connectivity index (χ0v) is 8.79. The molecule has 3 heteroatoms. The van der Waals surface area contributed by atoms with Gasteiger partial charge in [-0.25, -0.2) is 0 Å². The normalized spacial score (nSPS) is 44.1. The number of amides is 1. The van der Waals surface area contributed by atoms with Crippen LogP contribution in [0.1, 0.15) is 33.1 Å². The second kappa shape index (κ2) is 2.59. The van der Waals surface area contributed by atoms with Crippen LogP contribution >= 0.6 is 0 Å². The highest BCUT2D eigenvalue weighted by Gasteiger charge is 2.61. The molecule has 0 spiro atoms. The van der Waals surface area contributed by atoms with Gasteiger partial charge in [0.05, 0.1) is 0 Å². The first-order valence-electron chi connectivity index (χ1n) is 5.58. The number of hydrogen-bond acceptors (Lipinski definition) is 1. The Balaban J connectivity index is 2.03. The molecular weight excluding hydrogens is 176 g/mol. The van der Waals surface area contributed by atoms with E-state index < -0.39 is 0 Å². The Morgan fingerprint density at radius 2 is 2.07 bits per heavy atom. The van der Waals surface area contributed by atoms with Gasteiger partial charge in [0, 0.05) is 19.8 Å². The van der Waals surface area contributed by atoms with Gasteiger partial charge in [-0.3, -0.25) is 4.79 Å². The summed E-state index contributed by atoms with van der Waals surface area (Å²) in [7, 11) is 0. The highest BCUT2D eigenvalue weighted by molar-refractivity contribution is 5.83. The number of rotatable bonds is 0. The summed E-state index contributed by atoms with van der Waals surface area (Å²) in [5, 5.41) is 0. The average molecular weight is 193 g/mol. The van der Waals surface area contributed by atoms with Crippen molar-refractivity contribution < 1.29 is 9.48 Å².